The number of nitrogens with zero attached hydrogens (tertiary/aromatic N) is 2. The summed E-state index contributed by atoms with van der Waals surface area (Å²) >= 11 is 6.11. The molecule has 3 nitrogen and oxygen atoms in total. The molecule has 1 aromatic heterocycles. The van der Waals surface area contributed by atoms with Gasteiger partial charge in [-0.05, 0) is 31.5 Å². The lowest BCUT2D eigenvalue weighted by atomic mass is 10.1. The van der Waals surface area contributed by atoms with Crippen molar-refractivity contribution in [3.8, 4) is 5.69 Å². The number of para-hydroxylation sites is 1. The van der Waals surface area contributed by atoms with E-state index >= 15 is 0 Å². The lowest BCUT2D eigenvalue weighted by molar-refractivity contribution is -0.137. The van der Waals surface area contributed by atoms with E-state index in [0.717, 1.165) is 10.7 Å². The van der Waals surface area contributed by atoms with Gasteiger partial charge in [0.25, 0.3) is 0 Å². The summed E-state index contributed by atoms with van der Waals surface area (Å²) in [6, 6.07) is 5.20. The molecular formula is C13H13ClF3N3. The lowest BCUT2D eigenvalue weighted by Crippen LogP contribution is -2.11. The van der Waals surface area contributed by atoms with Crippen LogP contribution in [0, 0.1) is 0 Å². The van der Waals surface area contributed by atoms with E-state index in [-0.39, 0.29) is 10.8 Å². The summed E-state index contributed by atoms with van der Waals surface area (Å²) in [5, 5.41) is 4.15. The summed E-state index contributed by atoms with van der Waals surface area (Å²) in [5.41, 5.74) is 5.25. The molecule has 0 atom stereocenters. The van der Waals surface area contributed by atoms with Crippen LogP contribution in [0.25, 0.3) is 5.69 Å². The van der Waals surface area contributed by atoms with Gasteiger partial charge in [0.2, 0.25) is 0 Å². The summed E-state index contributed by atoms with van der Waals surface area (Å²) in [4.78, 5) is 0. The molecule has 1 heterocycles. The number of alkyl halides is 3. The van der Waals surface area contributed by atoms with Crippen LogP contribution in [0.1, 0.15) is 17.5 Å². The number of aromatic nitrogens is 2. The second-order valence-corrected chi connectivity index (χ2v) is 4.64. The summed E-state index contributed by atoms with van der Waals surface area (Å²) in [7, 11) is 0. The average molecular weight is 304 g/mol. The first kappa shape index (κ1) is 14.9. The van der Waals surface area contributed by atoms with Gasteiger partial charge < -0.3 is 5.73 Å². The molecule has 0 aliphatic heterocycles. The van der Waals surface area contributed by atoms with Crippen LogP contribution < -0.4 is 5.73 Å². The van der Waals surface area contributed by atoms with E-state index in [4.69, 9.17) is 17.3 Å². The number of halogens is 4. The van der Waals surface area contributed by atoms with Crippen molar-refractivity contribution in [2.75, 3.05) is 6.54 Å². The van der Waals surface area contributed by atoms with Crippen LogP contribution in [0.5, 0.6) is 0 Å². The summed E-state index contributed by atoms with van der Waals surface area (Å²) in [6.45, 7) is 0.487. The molecule has 108 valence electrons. The maximum atomic E-state index is 13.0. The molecule has 7 heteroatoms. The van der Waals surface area contributed by atoms with E-state index in [1.165, 1.54) is 24.4 Å². The van der Waals surface area contributed by atoms with Gasteiger partial charge in [-0.15, -0.1) is 0 Å². The zero-order chi connectivity index (χ0) is 14.8. The van der Waals surface area contributed by atoms with Gasteiger partial charge in [0.1, 0.15) is 5.15 Å². The normalized spacial score (nSPS) is 11.8. The Kier molecular flexibility index (Phi) is 4.35. The van der Waals surface area contributed by atoms with Crippen molar-refractivity contribution >= 4 is 11.6 Å². The fourth-order valence-corrected chi connectivity index (χ4v) is 2.17. The minimum absolute atomic E-state index is 0.0796. The highest BCUT2D eigenvalue weighted by molar-refractivity contribution is 6.30. The Morgan fingerprint density at radius 1 is 1.25 bits per heavy atom. The average Bonchev–Trinajstić information content (AvgIpc) is 2.76. The van der Waals surface area contributed by atoms with Crippen LogP contribution in [-0.2, 0) is 12.6 Å². The van der Waals surface area contributed by atoms with Crippen LogP contribution in [-0.4, -0.2) is 16.3 Å². The van der Waals surface area contributed by atoms with E-state index in [2.05, 4.69) is 5.10 Å². The third-order valence-corrected chi connectivity index (χ3v) is 3.27. The Balaban J connectivity index is 2.45. The van der Waals surface area contributed by atoms with Gasteiger partial charge in [-0.1, -0.05) is 23.7 Å². The van der Waals surface area contributed by atoms with Crippen LogP contribution in [0.3, 0.4) is 0 Å². The fourth-order valence-electron chi connectivity index (χ4n) is 1.89. The molecule has 1 aromatic carbocycles. The van der Waals surface area contributed by atoms with Gasteiger partial charge in [-0.2, -0.15) is 18.3 Å². The van der Waals surface area contributed by atoms with Gasteiger partial charge in [-0.25, -0.2) is 4.68 Å². The van der Waals surface area contributed by atoms with E-state index < -0.39 is 11.7 Å². The predicted molar refractivity (Wildman–Crippen MR) is 71.0 cm³/mol. The first-order valence-corrected chi connectivity index (χ1v) is 6.42. The van der Waals surface area contributed by atoms with E-state index in [1.54, 1.807) is 0 Å². The third kappa shape index (κ3) is 2.96. The number of rotatable bonds is 4. The highest BCUT2D eigenvalue weighted by atomic mass is 35.5. The van der Waals surface area contributed by atoms with Crippen molar-refractivity contribution in [2.45, 2.75) is 19.0 Å². The van der Waals surface area contributed by atoms with Crippen molar-refractivity contribution in [1.29, 1.82) is 0 Å². The Morgan fingerprint density at radius 3 is 2.60 bits per heavy atom. The van der Waals surface area contributed by atoms with Crippen molar-refractivity contribution < 1.29 is 13.2 Å². The molecule has 0 saturated carbocycles. The molecule has 2 aromatic rings. The minimum Gasteiger partial charge on any atom is -0.330 e. The maximum Gasteiger partial charge on any atom is 0.418 e. The molecule has 0 aliphatic rings. The van der Waals surface area contributed by atoms with Crippen molar-refractivity contribution in [3.63, 3.8) is 0 Å². The molecule has 0 spiro atoms. The standard InChI is InChI=1S/C13H13ClF3N3/c14-12-9(4-3-7-18)8-19-20(12)11-6-2-1-5-10(11)13(15,16)17/h1-2,5-6,8H,3-4,7,18H2. The van der Waals surface area contributed by atoms with Gasteiger partial charge in [0.15, 0.2) is 0 Å². The number of hydrogen-bond donors (Lipinski definition) is 1. The Labute approximate surface area is 119 Å². The Hall–Kier alpha value is -1.53. The van der Waals surface area contributed by atoms with Crippen LogP contribution >= 0.6 is 11.6 Å². The summed E-state index contributed by atoms with van der Waals surface area (Å²) in [6.07, 6.45) is -1.69. The Morgan fingerprint density at radius 2 is 1.95 bits per heavy atom. The van der Waals surface area contributed by atoms with Crippen molar-refractivity contribution in [1.82, 2.24) is 9.78 Å². The summed E-state index contributed by atoms with van der Waals surface area (Å²) < 4.78 is 40.0. The SMILES string of the molecule is NCCCc1cnn(-c2ccccc2C(F)(F)F)c1Cl. The monoisotopic (exact) mass is 303 g/mol. The number of aryl methyl sites for hydroxylation is 1. The van der Waals surface area contributed by atoms with Crippen molar-refractivity contribution in [2.24, 2.45) is 5.73 Å². The highest BCUT2D eigenvalue weighted by Crippen LogP contribution is 2.35. The number of benzene rings is 1. The lowest BCUT2D eigenvalue weighted by Gasteiger charge is -2.13. The molecule has 0 aliphatic carbocycles. The fraction of sp³-hybridized carbons (Fsp3) is 0.308. The van der Waals surface area contributed by atoms with Crippen molar-refractivity contribution in [3.05, 3.63) is 46.7 Å². The quantitative estimate of drug-likeness (QED) is 0.940. The molecule has 0 bridgehead atoms. The van der Waals surface area contributed by atoms with Crippen LogP contribution in [0.15, 0.2) is 30.5 Å². The van der Waals surface area contributed by atoms with Gasteiger partial charge >= 0.3 is 6.18 Å². The molecular weight excluding hydrogens is 291 g/mol. The van der Waals surface area contributed by atoms with Gasteiger partial charge in [0, 0.05) is 5.56 Å². The molecule has 2 N–H and O–H groups in total. The third-order valence-electron chi connectivity index (χ3n) is 2.87. The molecule has 0 unspecified atom stereocenters. The van der Waals surface area contributed by atoms with E-state index in [0.29, 0.717) is 24.9 Å². The van der Waals surface area contributed by atoms with E-state index in [1.807, 2.05) is 0 Å². The smallest absolute Gasteiger partial charge is 0.330 e. The minimum atomic E-state index is -4.46. The summed E-state index contributed by atoms with van der Waals surface area (Å²) in [5.74, 6) is 0. The zero-order valence-corrected chi connectivity index (χ0v) is 11.2. The molecule has 0 fully saturated rings. The largest absolute Gasteiger partial charge is 0.418 e. The highest BCUT2D eigenvalue weighted by Gasteiger charge is 2.34. The van der Waals surface area contributed by atoms with E-state index in [9.17, 15) is 13.2 Å². The number of hydrogen-bond acceptors (Lipinski definition) is 2. The Bertz CT molecular complexity index is 593. The number of nitrogens with two attached hydrogens (primary N) is 1. The van der Waals surface area contributed by atoms with Crippen LogP contribution in [0.2, 0.25) is 5.15 Å². The maximum absolute atomic E-state index is 13.0. The molecule has 0 radical (unpaired) electrons. The predicted octanol–water partition coefficient (Wildman–Crippen LogP) is 3.44. The second-order valence-electron chi connectivity index (χ2n) is 4.28. The topological polar surface area (TPSA) is 43.8 Å². The first-order valence-electron chi connectivity index (χ1n) is 6.04. The van der Waals surface area contributed by atoms with Crippen LogP contribution in [0.4, 0.5) is 13.2 Å². The zero-order valence-electron chi connectivity index (χ0n) is 10.5. The molecule has 0 saturated heterocycles. The van der Waals surface area contributed by atoms with Gasteiger partial charge in [0.05, 0.1) is 17.4 Å². The molecule has 2 rings (SSSR count). The first-order chi connectivity index (χ1) is 9.45. The molecule has 0 amide bonds. The van der Waals surface area contributed by atoms with Gasteiger partial charge in [-0.3, -0.25) is 0 Å². The molecule has 20 heavy (non-hydrogen) atoms. The second kappa shape index (κ2) is 5.85.